The number of carbonyl (C=O) groups is 1. The molecule has 2 heterocycles. The number of hydrogen-bond acceptors (Lipinski definition) is 4. The number of nitrogens with zero attached hydrogens (tertiary/aromatic N) is 3. The molecule has 1 amide bonds. The van der Waals surface area contributed by atoms with Crippen LogP contribution in [0.4, 0.5) is 0 Å². The van der Waals surface area contributed by atoms with Gasteiger partial charge in [-0.1, -0.05) is 26.0 Å². The van der Waals surface area contributed by atoms with E-state index in [2.05, 4.69) is 24.3 Å². The van der Waals surface area contributed by atoms with E-state index in [9.17, 15) is 9.90 Å². The molecule has 2 atom stereocenters. The summed E-state index contributed by atoms with van der Waals surface area (Å²) in [5.74, 6) is 0.222. The van der Waals surface area contributed by atoms with Gasteiger partial charge in [-0.15, -0.1) is 0 Å². The summed E-state index contributed by atoms with van der Waals surface area (Å²) in [6.45, 7) is 8.35. The van der Waals surface area contributed by atoms with Crippen molar-refractivity contribution < 1.29 is 9.90 Å². The van der Waals surface area contributed by atoms with Crippen molar-refractivity contribution >= 4 is 16.9 Å². The predicted octanol–water partition coefficient (Wildman–Crippen LogP) is 2.80. The Labute approximate surface area is 147 Å². The van der Waals surface area contributed by atoms with Gasteiger partial charge in [0.2, 0.25) is 0 Å². The molecule has 0 saturated carbocycles. The Balaban J connectivity index is 1.97. The molecule has 6 nitrogen and oxygen atoms in total. The van der Waals surface area contributed by atoms with Crippen LogP contribution in [0.1, 0.15) is 62.1 Å². The fraction of sp³-hybridized carbons (Fsp3) is 0.526. The highest BCUT2D eigenvalue weighted by Crippen LogP contribution is 2.25. The van der Waals surface area contributed by atoms with E-state index in [1.54, 1.807) is 6.20 Å². The van der Waals surface area contributed by atoms with Gasteiger partial charge in [0, 0.05) is 30.3 Å². The summed E-state index contributed by atoms with van der Waals surface area (Å²) in [5, 5.41) is 17.5. The van der Waals surface area contributed by atoms with Gasteiger partial charge in [0.25, 0.3) is 5.91 Å². The summed E-state index contributed by atoms with van der Waals surface area (Å²) in [5.41, 5.74) is 2.25. The first-order valence-corrected chi connectivity index (χ1v) is 8.89. The van der Waals surface area contributed by atoms with Crippen molar-refractivity contribution in [1.82, 2.24) is 20.1 Å². The average molecular weight is 342 g/mol. The normalized spacial score (nSPS) is 20.1. The van der Waals surface area contributed by atoms with Crippen molar-refractivity contribution in [3.8, 4) is 0 Å². The zero-order valence-electron chi connectivity index (χ0n) is 15.2. The number of carbonyl (C=O) groups excluding carboxylic acids is 1. The van der Waals surface area contributed by atoms with Crippen LogP contribution in [0, 0.1) is 5.92 Å². The van der Waals surface area contributed by atoms with Crippen LogP contribution in [0.25, 0.3) is 11.0 Å². The van der Waals surface area contributed by atoms with Crippen molar-refractivity contribution in [3.63, 3.8) is 0 Å². The SMILES string of the molecule is CC(C)c1cc(C(=O)N[C@@H]2C=C[C@H](CO)C2)c2cnn(C(C)C)c2n1. The maximum atomic E-state index is 12.9. The maximum absolute atomic E-state index is 12.9. The number of fused-ring (bicyclic) bond motifs is 1. The van der Waals surface area contributed by atoms with Gasteiger partial charge in [-0.3, -0.25) is 4.79 Å². The molecule has 0 aromatic carbocycles. The molecule has 134 valence electrons. The van der Waals surface area contributed by atoms with Gasteiger partial charge < -0.3 is 10.4 Å². The lowest BCUT2D eigenvalue weighted by Gasteiger charge is -2.15. The highest BCUT2D eigenvalue weighted by Gasteiger charge is 2.23. The van der Waals surface area contributed by atoms with Gasteiger partial charge in [-0.2, -0.15) is 5.10 Å². The van der Waals surface area contributed by atoms with Gasteiger partial charge in [0.05, 0.1) is 17.1 Å². The lowest BCUT2D eigenvalue weighted by molar-refractivity contribution is 0.0942. The van der Waals surface area contributed by atoms with Crippen LogP contribution in [-0.2, 0) is 0 Å². The van der Waals surface area contributed by atoms with Crippen LogP contribution in [0.5, 0.6) is 0 Å². The highest BCUT2D eigenvalue weighted by molar-refractivity contribution is 6.05. The molecule has 0 aliphatic heterocycles. The predicted molar refractivity (Wildman–Crippen MR) is 97.6 cm³/mol. The molecule has 0 bridgehead atoms. The van der Waals surface area contributed by atoms with Crippen molar-refractivity contribution in [3.05, 3.63) is 35.7 Å². The van der Waals surface area contributed by atoms with E-state index in [0.29, 0.717) is 5.56 Å². The molecule has 2 N–H and O–H groups in total. The minimum absolute atomic E-state index is 0.0458. The summed E-state index contributed by atoms with van der Waals surface area (Å²) in [6.07, 6.45) is 6.38. The third-order valence-electron chi connectivity index (χ3n) is 4.64. The monoisotopic (exact) mass is 342 g/mol. The van der Waals surface area contributed by atoms with E-state index in [0.717, 1.165) is 23.1 Å². The van der Waals surface area contributed by atoms with E-state index in [1.165, 1.54) is 0 Å². The Morgan fingerprint density at radius 1 is 1.36 bits per heavy atom. The van der Waals surface area contributed by atoms with Crippen LogP contribution >= 0.6 is 0 Å². The molecule has 0 fully saturated rings. The third-order valence-corrected chi connectivity index (χ3v) is 4.64. The average Bonchev–Trinajstić information content (AvgIpc) is 3.19. The molecule has 0 spiro atoms. The van der Waals surface area contributed by atoms with E-state index in [1.807, 2.05) is 36.7 Å². The van der Waals surface area contributed by atoms with Crippen LogP contribution in [-0.4, -0.2) is 38.4 Å². The number of nitrogens with one attached hydrogen (secondary N) is 1. The molecule has 1 aliphatic rings. The summed E-state index contributed by atoms with van der Waals surface area (Å²) < 4.78 is 1.86. The Morgan fingerprint density at radius 3 is 2.72 bits per heavy atom. The smallest absolute Gasteiger partial charge is 0.252 e. The number of aromatic nitrogens is 3. The summed E-state index contributed by atoms with van der Waals surface area (Å²) in [4.78, 5) is 17.6. The van der Waals surface area contributed by atoms with Crippen molar-refractivity contribution in [2.75, 3.05) is 6.61 Å². The molecule has 2 aromatic rings. The maximum Gasteiger partial charge on any atom is 0.252 e. The van der Waals surface area contributed by atoms with E-state index >= 15 is 0 Å². The molecule has 25 heavy (non-hydrogen) atoms. The van der Waals surface area contributed by atoms with Crippen LogP contribution < -0.4 is 5.32 Å². The van der Waals surface area contributed by atoms with Crippen LogP contribution in [0.2, 0.25) is 0 Å². The van der Waals surface area contributed by atoms with Crippen LogP contribution in [0.15, 0.2) is 24.4 Å². The summed E-state index contributed by atoms with van der Waals surface area (Å²) >= 11 is 0. The summed E-state index contributed by atoms with van der Waals surface area (Å²) in [6, 6.07) is 2.00. The molecule has 6 heteroatoms. The molecule has 3 rings (SSSR count). The Hall–Kier alpha value is -2.21. The summed E-state index contributed by atoms with van der Waals surface area (Å²) in [7, 11) is 0. The fourth-order valence-electron chi connectivity index (χ4n) is 3.16. The molecule has 2 aromatic heterocycles. The number of amides is 1. The Kier molecular flexibility index (Phi) is 4.90. The quantitative estimate of drug-likeness (QED) is 0.819. The zero-order chi connectivity index (χ0) is 18.1. The van der Waals surface area contributed by atoms with Gasteiger partial charge in [-0.05, 0) is 32.3 Å². The van der Waals surface area contributed by atoms with Crippen molar-refractivity contribution in [1.29, 1.82) is 0 Å². The second kappa shape index (κ2) is 6.96. The molecule has 0 unspecified atom stereocenters. The second-order valence-corrected chi connectivity index (χ2v) is 7.31. The molecule has 1 aliphatic carbocycles. The number of rotatable bonds is 5. The number of aliphatic hydroxyl groups is 1. The van der Waals surface area contributed by atoms with Crippen LogP contribution in [0.3, 0.4) is 0 Å². The topological polar surface area (TPSA) is 80.0 Å². The van der Waals surface area contributed by atoms with Gasteiger partial charge in [0.1, 0.15) is 0 Å². The standard InChI is InChI=1S/C19H26N4O2/c1-11(2)17-8-15(16-9-20-23(12(3)4)18(16)22-17)19(25)21-14-6-5-13(7-14)10-24/h5-6,8-9,11-14,24H,7,10H2,1-4H3,(H,21,25)/t13-,14+/m0/s1. The largest absolute Gasteiger partial charge is 0.396 e. The molecule has 0 saturated heterocycles. The van der Waals surface area contributed by atoms with Gasteiger partial charge in [0.15, 0.2) is 5.65 Å². The fourth-order valence-corrected chi connectivity index (χ4v) is 3.16. The molecular formula is C19H26N4O2. The Morgan fingerprint density at radius 2 is 2.12 bits per heavy atom. The number of aliphatic hydroxyl groups excluding tert-OH is 1. The molecule has 0 radical (unpaired) electrons. The van der Waals surface area contributed by atoms with E-state index in [4.69, 9.17) is 4.98 Å². The first-order chi connectivity index (χ1) is 11.9. The first-order valence-electron chi connectivity index (χ1n) is 8.89. The third kappa shape index (κ3) is 3.44. The number of pyridine rings is 1. The highest BCUT2D eigenvalue weighted by atomic mass is 16.3. The number of hydrogen-bond donors (Lipinski definition) is 2. The van der Waals surface area contributed by atoms with E-state index in [-0.39, 0.29) is 36.4 Å². The minimum atomic E-state index is -0.120. The first kappa shape index (κ1) is 17.6. The molecular weight excluding hydrogens is 316 g/mol. The van der Waals surface area contributed by atoms with Crippen molar-refractivity contribution in [2.24, 2.45) is 5.92 Å². The lowest BCUT2D eigenvalue weighted by Crippen LogP contribution is -2.33. The lowest BCUT2D eigenvalue weighted by atomic mass is 10.0. The Bertz CT molecular complexity index is 807. The second-order valence-electron chi connectivity index (χ2n) is 7.31. The van der Waals surface area contributed by atoms with E-state index < -0.39 is 0 Å². The zero-order valence-corrected chi connectivity index (χ0v) is 15.2. The van der Waals surface area contributed by atoms with Gasteiger partial charge >= 0.3 is 0 Å². The minimum Gasteiger partial charge on any atom is -0.396 e. The van der Waals surface area contributed by atoms with Gasteiger partial charge in [-0.25, -0.2) is 9.67 Å². The van der Waals surface area contributed by atoms with Crippen molar-refractivity contribution in [2.45, 2.75) is 52.1 Å².